The van der Waals surface area contributed by atoms with Gasteiger partial charge in [-0.1, -0.05) is 40.2 Å². The normalized spacial score (nSPS) is 38.2. The number of amides is 2. The summed E-state index contributed by atoms with van der Waals surface area (Å²) in [6.45, 7) is -0.273. The number of imide groups is 1. The molecule has 5 aliphatic carbocycles. The third kappa shape index (κ3) is 3.42. The van der Waals surface area contributed by atoms with Crippen molar-refractivity contribution in [3.8, 4) is 0 Å². The van der Waals surface area contributed by atoms with Gasteiger partial charge < -0.3 is 4.74 Å². The lowest BCUT2D eigenvalue weighted by atomic mass is 9.63. The summed E-state index contributed by atoms with van der Waals surface area (Å²) in [6.07, 6.45) is 7.92. The Bertz CT molecular complexity index is 1020. The van der Waals surface area contributed by atoms with Gasteiger partial charge in [0.2, 0.25) is 11.8 Å². The molecule has 0 aromatic heterocycles. The van der Waals surface area contributed by atoms with E-state index in [2.05, 4.69) is 28.1 Å². The second-order valence-corrected chi connectivity index (χ2v) is 11.2. The highest BCUT2D eigenvalue weighted by molar-refractivity contribution is 9.10. The molecule has 0 spiro atoms. The number of carbonyl (C=O) groups is 4. The number of ether oxygens (including phenoxy) is 1. The van der Waals surface area contributed by atoms with Crippen molar-refractivity contribution >= 4 is 39.5 Å². The maximum absolute atomic E-state index is 13.3. The summed E-state index contributed by atoms with van der Waals surface area (Å²) >= 11 is 3.33. The molecule has 6 nitrogen and oxygen atoms in total. The van der Waals surface area contributed by atoms with E-state index >= 15 is 0 Å². The number of Topliss-reactive ketones (excluding diaryl/α,β-unsaturated/α-hetero) is 1. The summed E-state index contributed by atoms with van der Waals surface area (Å²) in [5.41, 5.74) is 0.503. The third-order valence-electron chi connectivity index (χ3n) is 8.60. The molecule has 172 valence electrons. The van der Waals surface area contributed by atoms with E-state index in [9.17, 15) is 19.2 Å². The van der Waals surface area contributed by atoms with Gasteiger partial charge in [0.25, 0.3) is 0 Å². The fourth-order valence-electron chi connectivity index (χ4n) is 6.88. The number of carbonyl (C=O) groups excluding carboxylic acids is 4. The zero-order valence-corrected chi connectivity index (χ0v) is 19.8. The van der Waals surface area contributed by atoms with Crippen molar-refractivity contribution < 1.29 is 23.9 Å². The van der Waals surface area contributed by atoms with Crippen LogP contribution in [0.15, 0.2) is 40.9 Å². The molecule has 33 heavy (non-hydrogen) atoms. The van der Waals surface area contributed by atoms with E-state index < -0.39 is 0 Å². The van der Waals surface area contributed by atoms with Crippen molar-refractivity contribution in [2.45, 2.75) is 38.1 Å². The molecule has 2 amide bonds. The topological polar surface area (TPSA) is 80.8 Å². The van der Waals surface area contributed by atoms with Crippen LogP contribution in [0.2, 0.25) is 0 Å². The van der Waals surface area contributed by atoms with E-state index in [1.807, 2.05) is 0 Å². The zero-order valence-electron chi connectivity index (χ0n) is 18.2. The zero-order chi connectivity index (χ0) is 22.9. The smallest absolute Gasteiger partial charge is 0.309 e. The molecule has 6 atom stereocenters. The van der Waals surface area contributed by atoms with Crippen molar-refractivity contribution in [2.75, 3.05) is 6.61 Å². The first-order valence-electron chi connectivity index (χ1n) is 11.9. The summed E-state index contributed by atoms with van der Waals surface area (Å²) in [7, 11) is 0. The lowest BCUT2D eigenvalue weighted by Gasteiger charge is -2.37. The highest BCUT2D eigenvalue weighted by Gasteiger charge is 2.67. The van der Waals surface area contributed by atoms with Crippen LogP contribution < -0.4 is 0 Å². The standard InChI is InChI=1S/C26H26BrNO5/c27-15-5-1-13(2-6-15)21(29)12-33-26(32)14-3-7-16(8-4-14)28-24(30)22-17-9-10-18(20-11-19(17)20)23(22)25(28)31/h1-2,5-6,9-10,14,16-20,22-23H,3-4,7-8,11-12H2. The van der Waals surface area contributed by atoms with E-state index in [0.29, 0.717) is 43.1 Å². The molecule has 0 radical (unpaired) electrons. The Balaban J connectivity index is 1.04. The minimum Gasteiger partial charge on any atom is -0.457 e. The summed E-state index contributed by atoms with van der Waals surface area (Å²) in [5, 5.41) is 0. The molecule has 3 saturated carbocycles. The van der Waals surface area contributed by atoms with Gasteiger partial charge in [-0.15, -0.1) is 0 Å². The number of ketones is 1. The first-order chi connectivity index (χ1) is 15.9. The Kier molecular flexibility index (Phi) is 5.09. The second kappa shape index (κ2) is 7.90. The van der Waals surface area contributed by atoms with Crippen LogP contribution in [0.1, 0.15) is 42.5 Å². The van der Waals surface area contributed by atoms with E-state index in [1.54, 1.807) is 29.2 Å². The van der Waals surface area contributed by atoms with Crippen molar-refractivity contribution in [1.82, 2.24) is 4.90 Å². The highest BCUT2D eigenvalue weighted by Crippen LogP contribution is 2.65. The maximum Gasteiger partial charge on any atom is 0.309 e. The summed E-state index contributed by atoms with van der Waals surface area (Å²) in [6, 6.07) is 6.81. The number of hydrogen-bond donors (Lipinski definition) is 0. The predicted octanol–water partition coefficient (Wildman–Crippen LogP) is 3.79. The van der Waals surface area contributed by atoms with Crippen LogP contribution in [-0.2, 0) is 19.1 Å². The van der Waals surface area contributed by atoms with Crippen molar-refractivity contribution in [2.24, 2.45) is 41.4 Å². The molecule has 4 fully saturated rings. The third-order valence-corrected chi connectivity index (χ3v) is 9.13. The fourth-order valence-corrected chi connectivity index (χ4v) is 7.15. The van der Waals surface area contributed by atoms with Gasteiger partial charge in [0.05, 0.1) is 17.8 Å². The van der Waals surface area contributed by atoms with Gasteiger partial charge in [0.1, 0.15) is 0 Å². The van der Waals surface area contributed by atoms with Gasteiger partial charge in [-0.05, 0) is 67.9 Å². The Labute approximate surface area is 200 Å². The Hall–Kier alpha value is -2.28. The van der Waals surface area contributed by atoms with E-state index in [-0.39, 0.29) is 65.8 Å². The monoisotopic (exact) mass is 511 g/mol. The quantitative estimate of drug-likeness (QED) is 0.260. The second-order valence-electron chi connectivity index (χ2n) is 10.2. The number of rotatable bonds is 5. The Morgan fingerprint density at radius 2 is 1.48 bits per heavy atom. The lowest BCUT2D eigenvalue weighted by molar-refractivity contribution is -0.149. The molecule has 6 unspecified atom stereocenters. The first kappa shape index (κ1) is 21.3. The summed E-state index contributed by atoms with van der Waals surface area (Å²) < 4.78 is 6.18. The SMILES string of the molecule is O=C(COC(=O)C1CCC(N2C(=O)C3C4C=CC(C5CC45)C3C2=O)CC1)c1ccc(Br)cc1. The van der Waals surface area contributed by atoms with Crippen LogP contribution in [0, 0.1) is 41.4 Å². The molecule has 6 aliphatic rings. The molecule has 7 rings (SSSR count). The molecular formula is C26H26BrNO5. The predicted molar refractivity (Wildman–Crippen MR) is 122 cm³/mol. The molecule has 0 N–H and O–H groups in total. The van der Waals surface area contributed by atoms with Crippen LogP contribution in [0.4, 0.5) is 0 Å². The van der Waals surface area contributed by atoms with Crippen LogP contribution in [0.5, 0.6) is 0 Å². The molecule has 7 heteroatoms. The van der Waals surface area contributed by atoms with Crippen molar-refractivity contribution in [1.29, 1.82) is 0 Å². The highest BCUT2D eigenvalue weighted by atomic mass is 79.9. The first-order valence-corrected chi connectivity index (χ1v) is 12.7. The molecule has 1 heterocycles. The van der Waals surface area contributed by atoms with Crippen LogP contribution in [0.25, 0.3) is 0 Å². The average Bonchev–Trinajstić information content (AvgIpc) is 3.61. The van der Waals surface area contributed by atoms with Crippen LogP contribution in [0.3, 0.4) is 0 Å². The van der Waals surface area contributed by atoms with Gasteiger partial charge in [0, 0.05) is 16.1 Å². The number of esters is 1. The lowest BCUT2D eigenvalue weighted by Crippen LogP contribution is -2.44. The summed E-state index contributed by atoms with van der Waals surface area (Å²) in [4.78, 5) is 53.0. The molecule has 2 bridgehead atoms. The Morgan fingerprint density at radius 1 is 0.909 bits per heavy atom. The number of halogens is 1. The van der Waals surface area contributed by atoms with Gasteiger partial charge in [-0.2, -0.15) is 0 Å². The fraction of sp³-hybridized carbons (Fsp3) is 0.538. The molecule has 1 aliphatic heterocycles. The van der Waals surface area contributed by atoms with Gasteiger partial charge in [-0.25, -0.2) is 0 Å². The van der Waals surface area contributed by atoms with E-state index in [1.165, 1.54) is 0 Å². The van der Waals surface area contributed by atoms with Gasteiger partial charge in [0.15, 0.2) is 12.4 Å². The largest absolute Gasteiger partial charge is 0.457 e. The number of allylic oxidation sites excluding steroid dienone is 2. The average molecular weight is 512 g/mol. The van der Waals surface area contributed by atoms with Crippen molar-refractivity contribution in [3.05, 3.63) is 46.5 Å². The number of nitrogens with zero attached hydrogens (tertiary/aromatic N) is 1. The Morgan fingerprint density at radius 3 is 2.06 bits per heavy atom. The molecular weight excluding hydrogens is 486 g/mol. The molecule has 1 saturated heterocycles. The number of likely N-dealkylation sites (tertiary alicyclic amines) is 1. The summed E-state index contributed by atoms with van der Waals surface area (Å²) in [5.74, 6) is 0.484. The van der Waals surface area contributed by atoms with Gasteiger partial charge in [-0.3, -0.25) is 24.1 Å². The van der Waals surface area contributed by atoms with Crippen molar-refractivity contribution in [3.63, 3.8) is 0 Å². The van der Waals surface area contributed by atoms with E-state index in [4.69, 9.17) is 4.74 Å². The number of hydrogen-bond acceptors (Lipinski definition) is 5. The molecule has 1 aromatic carbocycles. The minimum absolute atomic E-state index is 0.0146. The minimum atomic E-state index is -0.367. The number of benzene rings is 1. The maximum atomic E-state index is 13.3. The van der Waals surface area contributed by atoms with Gasteiger partial charge >= 0.3 is 5.97 Å². The molecule has 1 aromatic rings. The van der Waals surface area contributed by atoms with Crippen LogP contribution in [-0.4, -0.2) is 41.1 Å². The van der Waals surface area contributed by atoms with Crippen LogP contribution >= 0.6 is 15.9 Å². The van der Waals surface area contributed by atoms with E-state index in [0.717, 1.165) is 10.9 Å².